The van der Waals surface area contributed by atoms with E-state index in [4.69, 9.17) is 0 Å². The van der Waals surface area contributed by atoms with Gasteiger partial charge >= 0.3 is 0 Å². The zero-order valence-electron chi connectivity index (χ0n) is 17.8. The molecule has 0 radical (unpaired) electrons. The number of hydrogen-bond acceptors (Lipinski definition) is 5. The highest BCUT2D eigenvalue weighted by Gasteiger charge is 2.31. The van der Waals surface area contributed by atoms with E-state index in [1.807, 2.05) is 29.5 Å². The van der Waals surface area contributed by atoms with Crippen molar-refractivity contribution in [3.8, 4) is 0 Å². The van der Waals surface area contributed by atoms with Gasteiger partial charge < -0.3 is 0 Å². The number of carbonyl (C=O) groups is 1. The average molecular weight is 425 g/mol. The van der Waals surface area contributed by atoms with Gasteiger partial charge in [-0.15, -0.1) is 11.3 Å². The zero-order chi connectivity index (χ0) is 20.8. The second-order valence-corrected chi connectivity index (χ2v) is 11.2. The summed E-state index contributed by atoms with van der Waals surface area (Å²) in [5.74, 6) is 1.27. The molecule has 1 aliphatic carbocycles. The molecule has 2 heterocycles. The van der Waals surface area contributed by atoms with Crippen LogP contribution >= 0.6 is 23.1 Å². The van der Waals surface area contributed by atoms with E-state index in [1.54, 1.807) is 18.1 Å². The molecule has 2 aromatic heterocycles. The van der Waals surface area contributed by atoms with Crippen LogP contribution in [0.5, 0.6) is 0 Å². The lowest BCUT2D eigenvalue weighted by Crippen LogP contribution is -2.26. The maximum atomic E-state index is 12.7. The van der Waals surface area contributed by atoms with Crippen molar-refractivity contribution < 1.29 is 4.79 Å². The van der Waals surface area contributed by atoms with Crippen LogP contribution in [-0.4, -0.2) is 21.5 Å². The first-order valence-corrected chi connectivity index (χ1v) is 12.0. The number of rotatable bonds is 4. The zero-order valence-corrected chi connectivity index (χ0v) is 19.5. The number of thiophene rings is 1. The van der Waals surface area contributed by atoms with Crippen molar-refractivity contribution in [3.05, 3.63) is 51.7 Å². The number of benzene rings is 1. The van der Waals surface area contributed by atoms with Gasteiger partial charge in [0.2, 0.25) is 0 Å². The highest BCUT2D eigenvalue weighted by atomic mass is 32.2. The summed E-state index contributed by atoms with van der Waals surface area (Å²) in [6.45, 7) is 11.1. The molecule has 0 saturated heterocycles. The number of ketones is 1. The molecule has 0 bridgehead atoms. The van der Waals surface area contributed by atoms with Crippen LogP contribution in [0.15, 0.2) is 29.6 Å². The Morgan fingerprint density at radius 2 is 2.00 bits per heavy atom. The third-order valence-electron chi connectivity index (χ3n) is 6.20. The molecular weight excluding hydrogens is 396 g/mol. The highest BCUT2D eigenvalue weighted by molar-refractivity contribution is 8.00. The predicted molar refractivity (Wildman–Crippen MR) is 123 cm³/mol. The van der Waals surface area contributed by atoms with Gasteiger partial charge in [0.05, 0.1) is 5.75 Å². The maximum absolute atomic E-state index is 12.7. The van der Waals surface area contributed by atoms with Crippen molar-refractivity contribution >= 4 is 39.1 Å². The van der Waals surface area contributed by atoms with E-state index in [9.17, 15) is 4.79 Å². The number of thioether (sulfide) groups is 1. The minimum absolute atomic E-state index is 0.154. The summed E-state index contributed by atoms with van der Waals surface area (Å²) in [5, 5.41) is 2.15. The van der Waals surface area contributed by atoms with E-state index < -0.39 is 0 Å². The minimum Gasteiger partial charge on any atom is -0.293 e. The van der Waals surface area contributed by atoms with Gasteiger partial charge in [-0.2, -0.15) is 0 Å². The smallest absolute Gasteiger partial charge is 0.173 e. The summed E-state index contributed by atoms with van der Waals surface area (Å²) >= 11 is 3.37. The molecule has 1 aliphatic rings. The van der Waals surface area contributed by atoms with Crippen LogP contribution in [0, 0.1) is 25.2 Å². The Labute approximate surface area is 181 Å². The van der Waals surface area contributed by atoms with Gasteiger partial charge in [-0.3, -0.25) is 4.79 Å². The van der Waals surface area contributed by atoms with Gasteiger partial charge in [0.1, 0.15) is 16.2 Å². The third kappa shape index (κ3) is 4.13. The van der Waals surface area contributed by atoms with Gasteiger partial charge in [0.15, 0.2) is 5.78 Å². The molecule has 0 spiro atoms. The lowest BCUT2D eigenvalue weighted by molar-refractivity contribution is 0.102. The van der Waals surface area contributed by atoms with Gasteiger partial charge in [-0.05, 0) is 67.2 Å². The molecule has 152 valence electrons. The standard InChI is InChI=1S/C24H28N2OS2/c1-14-6-7-16(10-15(14)2)19(27)12-28-22-21-18-9-8-17(24(3,4)5)11-20(18)29-23(21)26-13-25-22/h6-7,10,13,17H,8-9,11-12H2,1-5H3. The van der Waals surface area contributed by atoms with Crippen molar-refractivity contribution in [2.75, 3.05) is 5.75 Å². The van der Waals surface area contributed by atoms with Crippen LogP contribution in [0.25, 0.3) is 10.2 Å². The third-order valence-corrected chi connectivity index (χ3v) is 8.36. The first kappa shape index (κ1) is 20.5. The van der Waals surface area contributed by atoms with Crippen LogP contribution in [-0.2, 0) is 12.8 Å². The first-order valence-electron chi connectivity index (χ1n) is 10.2. The number of Topliss-reactive ketones (excluding diaryl/α,β-unsaturated/α-hetero) is 1. The highest BCUT2D eigenvalue weighted by Crippen LogP contribution is 2.44. The van der Waals surface area contributed by atoms with E-state index in [0.29, 0.717) is 17.1 Å². The molecule has 1 atom stereocenters. The van der Waals surface area contributed by atoms with Crippen molar-refractivity contribution in [1.29, 1.82) is 0 Å². The molecule has 1 unspecified atom stereocenters. The fourth-order valence-corrected chi connectivity index (χ4v) is 6.31. The molecular formula is C24H28N2OS2. The SMILES string of the molecule is Cc1ccc(C(=O)CSc2ncnc3sc4c(c23)CCC(C(C)(C)C)C4)cc1C. The fraction of sp³-hybridized carbons (Fsp3) is 0.458. The quantitative estimate of drug-likeness (QED) is 0.275. The van der Waals surface area contributed by atoms with Crippen LogP contribution in [0.2, 0.25) is 0 Å². The summed E-state index contributed by atoms with van der Waals surface area (Å²) in [4.78, 5) is 24.4. The Balaban J connectivity index is 1.58. The van der Waals surface area contributed by atoms with Gasteiger partial charge in [-0.1, -0.05) is 44.7 Å². The number of nitrogens with zero attached hydrogens (tertiary/aromatic N) is 2. The van der Waals surface area contributed by atoms with Crippen LogP contribution in [0.1, 0.15) is 59.1 Å². The first-order chi connectivity index (χ1) is 13.7. The number of carbonyl (C=O) groups excluding carboxylic acids is 1. The Morgan fingerprint density at radius 3 is 2.72 bits per heavy atom. The van der Waals surface area contributed by atoms with Crippen LogP contribution in [0.3, 0.4) is 0 Å². The molecule has 29 heavy (non-hydrogen) atoms. The molecule has 0 amide bonds. The molecule has 0 fully saturated rings. The van der Waals surface area contributed by atoms with Crippen molar-refractivity contribution in [1.82, 2.24) is 9.97 Å². The Morgan fingerprint density at radius 1 is 1.21 bits per heavy atom. The van der Waals surface area contributed by atoms with Gasteiger partial charge in [0, 0.05) is 15.8 Å². The number of fused-ring (bicyclic) bond motifs is 3. The molecule has 5 heteroatoms. The minimum atomic E-state index is 0.154. The average Bonchev–Trinajstić information content (AvgIpc) is 3.06. The summed E-state index contributed by atoms with van der Waals surface area (Å²) in [7, 11) is 0. The second-order valence-electron chi connectivity index (χ2n) is 9.18. The topological polar surface area (TPSA) is 42.9 Å². The molecule has 0 saturated carbocycles. The lowest BCUT2D eigenvalue weighted by Gasteiger charge is -2.33. The van der Waals surface area contributed by atoms with Crippen LogP contribution < -0.4 is 0 Å². The second kappa shape index (κ2) is 7.84. The molecule has 4 rings (SSSR count). The summed E-state index contributed by atoms with van der Waals surface area (Å²) in [5.41, 5.74) is 4.91. The molecule has 1 aromatic carbocycles. The Bertz CT molecular complexity index is 1080. The van der Waals surface area contributed by atoms with E-state index >= 15 is 0 Å². The van der Waals surface area contributed by atoms with Crippen molar-refractivity contribution in [3.63, 3.8) is 0 Å². The number of aryl methyl sites for hydroxylation is 3. The van der Waals surface area contributed by atoms with E-state index in [-0.39, 0.29) is 5.78 Å². The van der Waals surface area contributed by atoms with E-state index in [1.165, 1.54) is 27.8 Å². The molecule has 0 aliphatic heterocycles. The van der Waals surface area contributed by atoms with E-state index in [2.05, 4.69) is 44.6 Å². The predicted octanol–water partition coefficient (Wildman–Crippen LogP) is 6.43. The monoisotopic (exact) mass is 424 g/mol. The molecule has 0 N–H and O–H groups in total. The molecule has 3 nitrogen and oxygen atoms in total. The summed E-state index contributed by atoms with van der Waals surface area (Å²) in [6.07, 6.45) is 5.08. The van der Waals surface area contributed by atoms with Crippen LogP contribution in [0.4, 0.5) is 0 Å². The van der Waals surface area contributed by atoms with Gasteiger partial charge in [-0.25, -0.2) is 9.97 Å². The largest absolute Gasteiger partial charge is 0.293 e. The number of aromatic nitrogens is 2. The van der Waals surface area contributed by atoms with E-state index in [0.717, 1.165) is 33.8 Å². The summed E-state index contributed by atoms with van der Waals surface area (Å²) in [6, 6.07) is 5.95. The maximum Gasteiger partial charge on any atom is 0.173 e. The van der Waals surface area contributed by atoms with Gasteiger partial charge in [0.25, 0.3) is 0 Å². The molecule has 3 aromatic rings. The fourth-order valence-electron chi connectivity index (χ4n) is 4.06. The Kier molecular flexibility index (Phi) is 5.56. The van der Waals surface area contributed by atoms with Crippen molar-refractivity contribution in [2.24, 2.45) is 11.3 Å². The normalized spacial score (nSPS) is 16.8. The van der Waals surface area contributed by atoms with Crippen molar-refractivity contribution in [2.45, 2.75) is 58.9 Å². The summed E-state index contributed by atoms with van der Waals surface area (Å²) < 4.78 is 0. The Hall–Kier alpha value is -1.72. The number of hydrogen-bond donors (Lipinski definition) is 0. The lowest BCUT2D eigenvalue weighted by atomic mass is 9.72.